The summed E-state index contributed by atoms with van der Waals surface area (Å²) in [6.07, 6.45) is 6.29. The highest BCUT2D eigenvalue weighted by atomic mass is 79.9. The maximum Gasteiger partial charge on any atom is 0.338 e. The number of ether oxygens (including phenoxy) is 6. The number of fused-ring (bicyclic) bond motifs is 8. The molecule has 0 aliphatic carbocycles. The lowest BCUT2D eigenvalue weighted by molar-refractivity contribution is 0.0590. The lowest BCUT2D eigenvalue weighted by Crippen LogP contribution is -2.20. The topological polar surface area (TPSA) is 244 Å². The number of rotatable bonds is 11. The molecule has 5 aromatic carbocycles. The Balaban J connectivity index is 0.000000152. The number of alkyl halides is 1. The molecule has 0 saturated heterocycles. The average Bonchev–Trinajstić information content (AvgIpc) is 2.55. The number of pyridine rings is 2. The molecule has 21 heteroatoms. The first-order chi connectivity index (χ1) is 40.7. The van der Waals surface area contributed by atoms with Gasteiger partial charge in [0.05, 0.1) is 64.5 Å². The van der Waals surface area contributed by atoms with Crippen molar-refractivity contribution in [2.75, 3.05) is 53.6 Å². The van der Waals surface area contributed by atoms with Gasteiger partial charge < -0.3 is 54.4 Å². The molecular weight excluding hydrogens is 1140 g/mol. The molecule has 0 radical (unpaired) electrons. The minimum atomic E-state index is -0.349. The molecule has 4 aliphatic rings. The molecule has 0 saturated carbocycles. The van der Waals surface area contributed by atoms with Crippen molar-refractivity contribution in [1.29, 1.82) is 0 Å². The molecule has 12 rings (SSSR count). The highest BCUT2D eigenvalue weighted by Gasteiger charge is 2.29. The molecule has 0 spiro atoms. The van der Waals surface area contributed by atoms with Crippen LogP contribution in [0.4, 0.5) is 11.6 Å². The number of imidazole rings is 1. The van der Waals surface area contributed by atoms with E-state index < -0.39 is 0 Å². The number of halogens is 1. The largest absolute Gasteiger partial charge is 0.508 e. The van der Waals surface area contributed by atoms with Crippen LogP contribution in [0, 0.1) is 13.8 Å². The number of aromatic hydroxyl groups is 1. The van der Waals surface area contributed by atoms with Gasteiger partial charge in [0, 0.05) is 107 Å². The van der Waals surface area contributed by atoms with E-state index >= 15 is 0 Å². The normalized spacial score (nSPS) is 12.4. The SMILES string of the molecule is CCN1c2ncc(CCOc3cccc4c3CNC4=O)cc2-c2ncc(C)n2-c2cccnc21.COC(=O)c1cccc(OC)c1C.COC(=O)c1cccc(OC)c1CBr.COc1cccc2c1CNC2=O.O=C1NCc2c(O)cccc21. The van der Waals surface area contributed by atoms with Crippen LogP contribution >= 0.6 is 15.9 Å². The second-order valence-electron chi connectivity index (χ2n) is 18.8. The third-order valence-corrected chi connectivity index (χ3v) is 14.6. The molecule has 3 amide bonds. The Morgan fingerprint density at radius 1 is 0.607 bits per heavy atom. The molecular formula is C63H63BrN8O12. The summed E-state index contributed by atoms with van der Waals surface area (Å²) in [5.74, 6) is 4.85. The number of methoxy groups -OCH3 is 5. The van der Waals surface area contributed by atoms with Crippen LogP contribution in [0.1, 0.15) is 97.8 Å². The van der Waals surface area contributed by atoms with Crippen LogP contribution in [-0.4, -0.2) is 103 Å². The molecule has 20 nitrogen and oxygen atoms in total. The van der Waals surface area contributed by atoms with Gasteiger partial charge in [0.25, 0.3) is 17.7 Å². The van der Waals surface area contributed by atoms with Crippen LogP contribution in [0.3, 0.4) is 0 Å². The van der Waals surface area contributed by atoms with Gasteiger partial charge in [-0.2, -0.15) is 0 Å². The highest BCUT2D eigenvalue weighted by molar-refractivity contribution is 9.08. The minimum Gasteiger partial charge on any atom is -0.508 e. The van der Waals surface area contributed by atoms with Gasteiger partial charge in [0.2, 0.25) is 0 Å². The molecule has 4 aliphatic heterocycles. The molecule has 7 heterocycles. The van der Waals surface area contributed by atoms with Crippen LogP contribution in [0.15, 0.2) is 128 Å². The number of benzene rings is 5. The molecule has 0 bridgehead atoms. The van der Waals surface area contributed by atoms with Crippen molar-refractivity contribution in [3.8, 4) is 45.8 Å². The van der Waals surface area contributed by atoms with E-state index in [1.807, 2.05) is 74.0 Å². The number of nitrogens with one attached hydrogen (secondary N) is 3. The quantitative estimate of drug-likeness (QED) is 0.0695. The summed E-state index contributed by atoms with van der Waals surface area (Å²) >= 11 is 3.31. The van der Waals surface area contributed by atoms with Crippen LogP contribution < -0.4 is 39.8 Å². The lowest BCUT2D eigenvalue weighted by atomic mass is 10.1. The molecule has 4 N–H and O–H groups in total. The first-order valence-electron chi connectivity index (χ1n) is 26.6. The summed E-state index contributed by atoms with van der Waals surface area (Å²) in [7, 11) is 7.48. The third-order valence-electron chi connectivity index (χ3n) is 14.0. The number of phenolic OH excluding ortho intramolecular Hbond substituents is 1. The maximum atomic E-state index is 11.9. The van der Waals surface area contributed by atoms with Crippen molar-refractivity contribution < 1.29 is 57.5 Å². The van der Waals surface area contributed by atoms with Gasteiger partial charge in [-0.1, -0.05) is 46.3 Å². The lowest BCUT2D eigenvalue weighted by Gasteiger charge is -2.22. The average molecular weight is 1200 g/mol. The number of anilines is 2. The third kappa shape index (κ3) is 13.0. The number of aromatic nitrogens is 4. The van der Waals surface area contributed by atoms with Crippen LogP contribution in [0.5, 0.6) is 28.7 Å². The first-order valence-corrected chi connectivity index (χ1v) is 27.7. The number of hydrogen-bond acceptors (Lipinski definition) is 16. The Hall–Kier alpha value is -9.76. The van der Waals surface area contributed by atoms with Crippen molar-refractivity contribution in [2.24, 2.45) is 0 Å². The van der Waals surface area contributed by atoms with E-state index in [-0.39, 0.29) is 35.4 Å². The zero-order chi connectivity index (χ0) is 60.0. The van der Waals surface area contributed by atoms with Crippen molar-refractivity contribution in [1.82, 2.24) is 35.5 Å². The number of amides is 3. The zero-order valence-electron chi connectivity index (χ0n) is 47.6. The van der Waals surface area contributed by atoms with E-state index in [1.165, 1.54) is 14.2 Å². The number of nitrogens with zero attached hydrogens (tertiary/aromatic N) is 5. The molecule has 0 unspecified atom stereocenters. The Labute approximate surface area is 494 Å². The molecule has 8 aromatic rings. The summed E-state index contributed by atoms with van der Waals surface area (Å²) in [5, 5.41) is 18.0. The number of hydrogen-bond donors (Lipinski definition) is 4. The van der Waals surface area contributed by atoms with Gasteiger partial charge in [-0.05, 0) is 105 Å². The standard InChI is InChI=1S/C26H24N6O2.C10H11BrO3.C10H12O3.C9H9NO2.C8H7NO2/c1-3-31-23-19(24-28-13-16(2)32(24)21-7-5-10-27-25(21)31)12-17(14-29-23)9-11-34-22-8-4-6-18-20(22)15-30-26(18)33;1-13-9-5-3-4-7(8(9)6-11)10(12)14-2;1-7-8(10(11)13-3)5-4-6-9(7)12-2;1-12-8-4-2-3-6-7(8)5-10-9(6)11;10-7-3-1-2-5-6(7)4-9-8(5)11/h4-8,10,12-14H,3,9,11,15H2,1-2H3,(H,30,33);3-5H,6H2,1-2H3;4-6H,1-3H3;2-4H,5H2,1H3,(H,10,11);1-3,10H,4H2,(H,9,11). The molecule has 0 atom stereocenters. The number of aryl methyl sites for hydroxylation is 1. The second kappa shape index (κ2) is 27.8. The Morgan fingerprint density at radius 3 is 1.76 bits per heavy atom. The number of esters is 2. The van der Waals surface area contributed by atoms with E-state index in [4.69, 9.17) is 28.9 Å². The van der Waals surface area contributed by atoms with Crippen molar-refractivity contribution in [3.63, 3.8) is 0 Å². The number of carbonyl (C=O) groups excluding carboxylic acids is 5. The van der Waals surface area contributed by atoms with Gasteiger partial charge in [0.1, 0.15) is 40.4 Å². The van der Waals surface area contributed by atoms with Crippen LogP contribution in [-0.2, 0) is 40.9 Å². The van der Waals surface area contributed by atoms with E-state index in [2.05, 4.69) is 81.8 Å². The van der Waals surface area contributed by atoms with Crippen molar-refractivity contribution in [3.05, 3.63) is 195 Å². The van der Waals surface area contributed by atoms with Crippen molar-refractivity contribution >= 4 is 57.2 Å². The maximum absolute atomic E-state index is 11.9. The van der Waals surface area contributed by atoms with E-state index in [0.29, 0.717) is 77.3 Å². The smallest absolute Gasteiger partial charge is 0.338 e. The Kier molecular flexibility index (Phi) is 20.0. The van der Waals surface area contributed by atoms with Crippen LogP contribution in [0.25, 0.3) is 17.1 Å². The van der Waals surface area contributed by atoms with Gasteiger partial charge >= 0.3 is 11.9 Å². The molecule has 434 valence electrons. The zero-order valence-corrected chi connectivity index (χ0v) is 49.2. The van der Waals surface area contributed by atoms with Gasteiger partial charge in [-0.15, -0.1) is 0 Å². The highest BCUT2D eigenvalue weighted by Crippen LogP contribution is 2.41. The van der Waals surface area contributed by atoms with E-state index in [1.54, 1.807) is 69.9 Å². The van der Waals surface area contributed by atoms with E-state index in [0.717, 1.165) is 85.8 Å². The predicted octanol–water partition coefficient (Wildman–Crippen LogP) is 9.72. The van der Waals surface area contributed by atoms with Gasteiger partial charge in [-0.3, -0.25) is 19.0 Å². The number of phenols is 1. The Morgan fingerprint density at radius 2 is 1.15 bits per heavy atom. The summed E-state index contributed by atoms with van der Waals surface area (Å²) in [5.41, 5.74) is 11.4. The fourth-order valence-electron chi connectivity index (χ4n) is 9.77. The number of carbonyl (C=O) groups is 5. The summed E-state index contributed by atoms with van der Waals surface area (Å²) in [6, 6.07) is 32.8. The fourth-order valence-corrected chi connectivity index (χ4v) is 10.4. The summed E-state index contributed by atoms with van der Waals surface area (Å²) < 4.78 is 32.8. The Bertz CT molecular complexity index is 3760. The second-order valence-corrected chi connectivity index (χ2v) is 19.4. The molecule has 84 heavy (non-hydrogen) atoms. The predicted molar refractivity (Wildman–Crippen MR) is 318 cm³/mol. The summed E-state index contributed by atoms with van der Waals surface area (Å²) in [6.45, 7) is 8.74. The minimum absolute atomic E-state index is 0.0103. The monoisotopic (exact) mass is 1200 g/mol. The van der Waals surface area contributed by atoms with Crippen LogP contribution in [0.2, 0.25) is 0 Å². The van der Waals surface area contributed by atoms with Gasteiger partial charge in [0.15, 0.2) is 5.82 Å². The fraction of sp³-hybridized carbons (Fsp3) is 0.238. The molecule has 0 fully saturated rings. The molecule has 3 aromatic heterocycles. The summed E-state index contributed by atoms with van der Waals surface area (Å²) in [4.78, 5) is 73.1. The van der Waals surface area contributed by atoms with Gasteiger partial charge in [-0.25, -0.2) is 24.5 Å². The first kappa shape index (κ1) is 60.3. The van der Waals surface area contributed by atoms with Crippen molar-refractivity contribution in [2.45, 2.75) is 52.2 Å². The van der Waals surface area contributed by atoms with E-state index in [9.17, 15) is 29.1 Å².